The van der Waals surface area contributed by atoms with Crippen molar-refractivity contribution < 1.29 is 14.0 Å². The lowest BCUT2D eigenvalue weighted by atomic mass is 10.0. The summed E-state index contributed by atoms with van der Waals surface area (Å²) in [5.41, 5.74) is 3.63. The number of benzene rings is 1. The van der Waals surface area contributed by atoms with Gasteiger partial charge in [0.1, 0.15) is 11.6 Å². The zero-order valence-corrected chi connectivity index (χ0v) is 17.0. The fourth-order valence-corrected chi connectivity index (χ4v) is 3.72. The van der Waals surface area contributed by atoms with E-state index in [0.29, 0.717) is 25.2 Å². The van der Waals surface area contributed by atoms with Crippen LogP contribution in [0, 0.1) is 5.82 Å². The summed E-state index contributed by atoms with van der Waals surface area (Å²) in [7, 11) is 1.72. The molecular formula is C23H23FN4O2. The Morgan fingerprint density at radius 3 is 2.97 bits per heavy atom. The first kappa shape index (κ1) is 19.8. The van der Waals surface area contributed by atoms with Crippen molar-refractivity contribution in [1.82, 2.24) is 14.5 Å². The summed E-state index contributed by atoms with van der Waals surface area (Å²) in [5, 5.41) is 3.57. The summed E-state index contributed by atoms with van der Waals surface area (Å²) in [6, 6.07) is 6.67. The lowest BCUT2D eigenvalue weighted by Crippen LogP contribution is -2.24. The largest absolute Gasteiger partial charge is 0.347 e. The molecule has 1 aliphatic rings. The molecule has 154 valence electrons. The standard InChI is InChI=1S/C23H23FN4O2/c1-3-28-14-17(19-11-18(24)6-7-20(19)28)13-27(2)22(30)9-4-15-10-16-5-8-21(29)26-23(16)25-12-15/h4,6-7,9-12,14H,3,5,8,13H2,1-2H3,(H,25,26,29). The van der Waals surface area contributed by atoms with Crippen molar-refractivity contribution in [2.24, 2.45) is 0 Å². The molecule has 0 aliphatic carbocycles. The third-order valence-electron chi connectivity index (χ3n) is 5.34. The Balaban J connectivity index is 1.49. The number of nitrogens with one attached hydrogen (secondary N) is 1. The van der Waals surface area contributed by atoms with Gasteiger partial charge in [-0.15, -0.1) is 0 Å². The minimum atomic E-state index is -0.289. The number of aromatic nitrogens is 2. The Hall–Kier alpha value is -3.48. The van der Waals surface area contributed by atoms with Gasteiger partial charge < -0.3 is 14.8 Å². The highest BCUT2D eigenvalue weighted by atomic mass is 19.1. The van der Waals surface area contributed by atoms with E-state index in [4.69, 9.17) is 0 Å². The van der Waals surface area contributed by atoms with Crippen LogP contribution in [0.15, 0.2) is 42.7 Å². The molecule has 3 aromatic rings. The molecule has 2 amide bonds. The van der Waals surface area contributed by atoms with Gasteiger partial charge in [-0.05, 0) is 60.4 Å². The summed E-state index contributed by atoms with van der Waals surface area (Å²) in [6.45, 7) is 3.18. The van der Waals surface area contributed by atoms with Crippen molar-refractivity contribution in [2.75, 3.05) is 12.4 Å². The van der Waals surface area contributed by atoms with Crippen molar-refractivity contribution in [3.8, 4) is 0 Å². The number of amides is 2. The van der Waals surface area contributed by atoms with Gasteiger partial charge in [0.15, 0.2) is 0 Å². The van der Waals surface area contributed by atoms with Gasteiger partial charge >= 0.3 is 0 Å². The second kappa shape index (κ2) is 8.10. The molecule has 7 heteroatoms. The van der Waals surface area contributed by atoms with E-state index in [-0.39, 0.29) is 17.6 Å². The molecule has 0 saturated heterocycles. The molecule has 3 heterocycles. The summed E-state index contributed by atoms with van der Waals surface area (Å²) < 4.78 is 15.8. The topological polar surface area (TPSA) is 67.2 Å². The number of hydrogen-bond acceptors (Lipinski definition) is 3. The number of halogens is 1. The van der Waals surface area contributed by atoms with Crippen molar-refractivity contribution in [3.63, 3.8) is 0 Å². The van der Waals surface area contributed by atoms with Crippen LogP contribution in [-0.4, -0.2) is 33.3 Å². The van der Waals surface area contributed by atoms with E-state index in [1.807, 2.05) is 19.2 Å². The molecule has 0 unspecified atom stereocenters. The van der Waals surface area contributed by atoms with Crippen LogP contribution in [0.3, 0.4) is 0 Å². The minimum Gasteiger partial charge on any atom is -0.347 e. The molecule has 0 fully saturated rings. The molecule has 2 aromatic heterocycles. The van der Waals surface area contributed by atoms with Crippen LogP contribution < -0.4 is 5.32 Å². The maximum atomic E-state index is 13.7. The van der Waals surface area contributed by atoms with E-state index < -0.39 is 0 Å². The Morgan fingerprint density at radius 2 is 2.17 bits per heavy atom. The van der Waals surface area contributed by atoms with E-state index in [1.54, 1.807) is 30.3 Å². The van der Waals surface area contributed by atoms with Gasteiger partial charge in [-0.3, -0.25) is 9.59 Å². The van der Waals surface area contributed by atoms with Crippen LogP contribution in [0.2, 0.25) is 0 Å². The molecule has 1 N–H and O–H groups in total. The summed E-state index contributed by atoms with van der Waals surface area (Å²) >= 11 is 0. The second-order valence-corrected chi connectivity index (χ2v) is 7.45. The number of fused-ring (bicyclic) bond motifs is 2. The highest BCUT2D eigenvalue weighted by Gasteiger charge is 2.16. The number of likely N-dealkylation sites (N-methyl/N-ethyl adjacent to an activating group) is 1. The van der Waals surface area contributed by atoms with E-state index in [2.05, 4.69) is 14.9 Å². The fourth-order valence-electron chi connectivity index (χ4n) is 3.72. The van der Waals surface area contributed by atoms with E-state index in [1.165, 1.54) is 18.2 Å². The quantitative estimate of drug-likeness (QED) is 0.656. The Labute approximate surface area is 174 Å². The van der Waals surface area contributed by atoms with Crippen LogP contribution in [0.5, 0.6) is 0 Å². The number of anilines is 1. The number of aryl methyl sites for hydroxylation is 2. The van der Waals surface area contributed by atoms with E-state index in [9.17, 15) is 14.0 Å². The zero-order chi connectivity index (χ0) is 21.3. The maximum Gasteiger partial charge on any atom is 0.246 e. The number of pyridine rings is 1. The van der Waals surface area contributed by atoms with Crippen molar-refractivity contribution in [2.45, 2.75) is 32.9 Å². The number of hydrogen-bond donors (Lipinski definition) is 1. The van der Waals surface area contributed by atoms with Gasteiger partial charge in [-0.25, -0.2) is 9.37 Å². The van der Waals surface area contributed by atoms with Gasteiger partial charge in [0.2, 0.25) is 11.8 Å². The Bertz CT molecular complexity index is 1170. The first-order chi connectivity index (χ1) is 14.4. The first-order valence-electron chi connectivity index (χ1n) is 9.94. The summed E-state index contributed by atoms with van der Waals surface area (Å²) in [6.07, 6.45) is 7.91. The van der Waals surface area contributed by atoms with Crippen LogP contribution >= 0.6 is 0 Å². The number of rotatable bonds is 5. The van der Waals surface area contributed by atoms with E-state index >= 15 is 0 Å². The first-order valence-corrected chi connectivity index (χ1v) is 9.94. The molecule has 0 radical (unpaired) electrons. The zero-order valence-electron chi connectivity index (χ0n) is 17.0. The lowest BCUT2D eigenvalue weighted by Gasteiger charge is -2.16. The van der Waals surface area contributed by atoms with Crippen molar-refractivity contribution in [3.05, 3.63) is 65.2 Å². The van der Waals surface area contributed by atoms with Gasteiger partial charge in [-0.1, -0.05) is 0 Å². The average Bonchev–Trinajstić information content (AvgIpc) is 3.08. The lowest BCUT2D eigenvalue weighted by molar-refractivity contribution is -0.125. The third-order valence-corrected chi connectivity index (χ3v) is 5.34. The van der Waals surface area contributed by atoms with Gasteiger partial charge in [0.25, 0.3) is 0 Å². The minimum absolute atomic E-state index is 0.0283. The van der Waals surface area contributed by atoms with Gasteiger partial charge in [-0.2, -0.15) is 0 Å². The molecular weight excluding hydrogens is 383 g/mol. The van der Waals surface area contributed by atoms with Crippen LogP contribution in [-0.2, 0) is 29.1 Å². The molecule has 0 saturated carbocycles. The summed E-state index contributed by atoms with van der Waals surface area (Å²) in [5.74, 6) is 0.114. The van der Waals surface area contributed by atoms with Gasteiger partial charge in [0, 0.05) is 55.9 Å². The smallest absolute Gasteiger partial charge is 0.246 e. The predicted molar refractivity (Wildman–Crippen MR) is 114 cm³/mol. The maximum absolute atomic E-state index is 13.7. The molecule has 0 atom stereocenters. The molecule has 1 aromatic carbocycles. The average molecular weight is 406 g/mol. The van der Waals surface area contributed by atoms with Crippen LogP contribution in [0.4, 0.5) is 10.2 Å². The normalized spacial score (nSPS) is 13.5. The SMILES string of the molecule is CCn1cc(CN(C)C(=O)C=Cc2cnc3c(c2)CCC(=O)N3)c2cc(F)ccc21. The second-order valence-electron chi connectivity index (χ2n) is 7.45. The molecule has 4 rings (SSSR count). The molecule has 30 heavy (non-hydrogen) atoms. The van der Waals surface area contributed by atoms with Crippen molar-refractivity contribution >= 4 is 34.6 Å². The van der Waals surface area contributed by atoms with Crippen LogP contribution in [0.25, 0.3) is 17.0 Å². The van der Waals surface area contributed by atoms with Gasteiger partial charge in [0.05, 0.1) is 0 Å². The third kappa shape index (κ3) is 3.96. The monoisotopic (exact) mass is 406 g/mol. The molecule has 1 aliphatic heterocycles. The Kier molecular flexibility index (Phi) is 5.35. The predicted octanol–water partition coefficient (Wildman–Crippen LogP) is 3.75. The summed E-state index contributed by atoms with van der Waals surface area (Å²) in [4.78, 5) is 29.9. The van der Waals surface area contributed by atoms with Crippen molar-refractivity contribution in [1.29, 1.82) is 0 Å². The molecule has 0 bridgehead atoms. The van der Waals surface area contributed by atoms with Crippen LogP contribution in [0.1, 0.15) is 30.0 Å². The highest BCUT2D eigenvalue weighted by molar-refractivity contribution is 5.94. The number of nitrogens with zero attached hydrogens (tertiary/aromatic N) is 3. The Morgan fingerprint density at radius 1 is 1.33 bits per heavy atom. The molecule has 0 spiro atoms. The fraction of sp³-hybridized carbons (Fsp3) is 0.261. The number of carbonyl (C=O) groups excluding carboxylic acids is 2. The highest BCUT2D eigenvalue weighted by Crippen LogP contribution is 2.24. The van der Waals surface area contributed by atoms with E-state index in [0.717, 1.165) is 34.1 Å². The number of carbonyl (C=O) groups is 2. The molecule has 6 nitrogen and oxygen atoms in total.